The van der Waals surface area contributed by atoms with E-state index in [1.54, 1.807) is 0 Å². The molecule has 0 radical (unpaired) electrons. The highest BCUT2D eigenvalue weighted by atomic mass is 127. The third-order valence-corrected chi connectivity index (χ3v) is 6.54. The number of nitrogens with zero attached hydrogens (tertiary/aromatic N) is 1. The molecule has 1 N–H and O–H groups in total. The standard InChI is InChI=1S/C21H25IN2O/c1-15-7-6-10-18(19(15)22)20(25)23-14-21(2,3)24-12-11-16-8-4-5-9-17(16)13-24/h4-10H,11-14H2,1-3H3,(H,23,25). The number of carbonyl (C=O) groups excluding carboxylic acids is 1. The van der Waals surface area contributed by atoms with Crippen molar-refractivity contribution in [3.8, 4) is 0 Å². The minimum absolute atomic E-state index is 0.0126. The summed E-state index contributed by atoms with van der Waals surface area (Å²) in [5.74, 6) is 0.0126. The van der Waals surface area contributed by atoms with Crippen molar-refractivity contribution in [3.05, 3.63) is 68.3 Å². The van der Waals surface area contributed by atoms with E-state index in [0.717, 1.165) is 34.2 Å². The van der Waals surface area contributed by atoms with Crippen LogP contribution in [0.4, 0.5) is 0 Å². The van der Waals surface area contributed by atoms with Crippen molar-refractivity contribution >= 4 is 28.5 Å². The van der Waals surface area contributed by atoms with Gasteiger partial charge in [0.05, 0.1) is 5.56 Å². The Labute approximate surface area is 164 Å². The topological polar surface area (TPSA) is 32.3 Å². The van der Waals surface area contributed by atoms with E-state index in [2.05, 4.69) is 70.9 Å². The predicted molar refractivity (Wildman–Crippen MR) is 111 cm³/mol. The van der Waals surface area contributed by atoms with Gasteiger partial charge in [-0.25, -0.2) is 0 Å². The van der Waals surface area contributed by atoms with Crippen LogP contribution in [0.1, 0.15) is 40.9 Å². The van der Waals surface area contributed by atoms with Gasteiger partial charge in [-0.05, 0) is 72.5 Å². The molecule has 0 fully saturated rings. The minimum atomic E-state index is -0.0849. The van der Waals surface area contributed by atoms with Gasteiger partial charge in [0.2, 0.25) is 0 Å². The Morgan fingerprint density at radius 3 is 2.64 bits per heavy atom. The molecule has 1 aliphatic heterocycles. The number of nitrogens with one attached hydrogen (secondary N) is 1. The zero-order valence-corrected chi connectivity index (χ0v) is 17.3. The van der Waals surface area contributed by atoms with E-state index in [1.165, 1.54) is 11.1 Å². The Bertz CT molecular complexity index is 785. The van der Waals surface area contributed by atoms with Crippen molar-refractivity contribution < 1.29 is 4.79 Å². The molecule has 132 valence electrons. The lowest BCUT2D eigenvalue weighted by atomic mass is 9.94. The highest BCUT2D eigenvalue weighted by molar-refractivity contribution is 14.1. The van der Waals surface area contributed by atoms with Gasteiger partial charge in [-0.1, -0.05) is 36.4 Å². The summed E-state index contributed by atoms with van der Waals surface area (Å²) in [6.45, 7) is 9.07. The van der Waals surface area contributed by atoms with Gasteiger partial charge >= 0.3 is 0 Å². The van der Waals surface area contributed by atoms with Crippen LogP contribution in [-0.4, -0.2) is 29.4 Å². The van der Waals surface area contributed by atoms with Crippen molar-refractivity contribution in [1.82, 2.24) is 10.2 Å². The van der Waals surface area contributed by atoms with Crippen LogP contribution >= 0.6 is 22.6 Å². The predicted octanol–water partition coefficient (Wildman–Crippen LogP) is 4.17. The fourth-order valence-corrected chi connectivity index (χ4v) is 3.94. The number of aryl methyl sites for hydroxylation is 1. The van der Waals surface area contributed by atoms with E-state index in [9.17, 15) is 4.79 Å². The van der Waals surface area contributed by atoms with Crippen molar-refractivity contribution in [2.24, 2.45) is 0 Å². The summed E-state index contributed by atoms with van der Waals surface area (Å²) >= 11 is 2.25. The summed E-state index contributed by atoms with van der Waals surface area (Å²) in [5, 5.41) is 3.14. The number of carbonyl (C=O) groups is 1. The van der Waals surface area contributed by atoms with Crippen LogP contribution in [0, 0.1) is 10.5 Å². The highest BCUT2D eigenvalue weighted by Crippen LogP contribution is 2.25. The summed E-state index contributed by atoms with van der Waals surface area (Å²) in [6, 6.07) is 14.5. The van der Waals surface area contributed by atoms with Gasteiger partial charge < -0.3 is 5.32 Å². The molecule has 0 saturated heterocycles. The lowest BCUT2D eigenvalue weighted by molar-refractivity contribution is 0.0825. The van der Waals surface area contributed by atoms with Crippen LogP contribution in [-0.2, 0) is 13.0 Å². The second-order valence-corrected chi connectivity index (χ2v) is 8.45. The molecule has 3 rings (SSSR count). The molecule has 2 aromatic carbocycles. The summed E-state index contributed by atoms with van der Waals surface area (Å²) < 4.78 is 1.03. The number of amides is 1. The smallest absolute Gasteiger partial charge is 0.252 e. The lowest BCUT2D eigenvalue weighted by Crippen LogP contribution is -2.53. The molecule has 1 aliphatic rings. The van der Waals surface area contributed by atoms with Crippen LogP contribution < -0.4 is 5.32 Å². The average molecular weight is 448 g/mol. The fourth-order valence-electron chi connectivity index (χ4n) is 3.34. The first kappa shape index (κ1) is 18.4. The molecule has 0 atom stereocenters. The van der Waals surface area contributed by atoms with E-state index in [0.29, 0.717) is 6.54 Å². The van der Waals surface area contributed by atoms with Crippen LogP contribution in [0.2, 0.25) is 0 Å². The van der Waals surface area contributed by atoms with E-state index < -0.39 is 0 Å². The average Bonchev–Trinajstić information content (AvgIpc) is 2.61. The first-order valence-corrected chi connectivity index (χ1v) is 9.81. The monoisotopic (exact) mass is 448 g/mol. The van der Waals surface area contributed by atoms with Crippen LogP contribution in [0.5, 0.6) is 0 Å². The maximum Gasteiger partial charge on any atom is 0.252 e. The number of hydrogen-bond donors (Lipinski definition) is 1. The summed E-state index contributed by atoms with van der Waals surface area (Å²) in [4.78, 5) is 15.1. The van der Waals surface area contributed by atoms with Gasteiger partial charge in [0, 0.05) is 28.7 Å². The molecule has 1 amide bonds. The molecule has 2 aromatic rings. The number of halogens is 1. The van der Waals surface area contributed by atoms with E-state index in [1.807, 2.05) is 25.1 Å². The number of rotatable bonds is 4. The normalized spacial score (nSPS) is 14.9. The molecule has 0 bridgehead atoms. The van der Waals surface area contributed by atoms with Crippen molar-refractivity contribution in [2.75, 3.05) is 13.1 Å². The molecule has 0 spiro atoms. The first-order chi connectivity index (χ1) is 11.9. The molecule has 0 saturated carbocycles. The molecule has 0 unspecified atom stereocenters. The number of benzene rings is 2. The Kier molecular flexibility index (Phi) is 5.49. The Morgan fingerprint density at radius 1 is 1.16 bits per heavy atom. The van der Waals surface area contributed by atoms with Crippen LogP contribution in [0.3, 0.4) is 0 Å². The second-order valence-electron chi connectivity index (χ2n) is 7.37. The van der Waals surface area contributed by atoms with Gasteiger partial charge in [-0.3, -0.25) is 9.69 Å². The number of fused-ring (bicyclic) bond motifs is 1. The SMILES string of the molecule is Cc1cccc(C(=O)NCC(C)(C)N2CCc3ccccc3C2)c1I. The molecular weight excluding hydrogens is 423 g/mol. The zero-order chi connectivity index (χ0) is 18.0. The largest absolute Gasteiger partial charge is 0.350 e. The van der Waals surface area contributed by atoms with Gasteiger partial charge in [0.25, 0.3) is 5.91 Å². The van der Waals surface area contributed by atoms with E-state index >= 15 is 0 Å². The quantitative estimate of drug-likeness (QED) is 0.713. The van der Waals surface area contributed by atoms with Gasteiger partial charge in [-0.15, -0.1) is 0 Å². The first-order valence-electron chi connectivity index (χ1n) is 8.73. The molecule has 0 aromatic heterocycles. The Balaban J connectivity index is 1.66. The second kappa shape index (κ2) is 7.46. The highest BCUT2D eigenvalue weighted by Gasteiger charge is 2.30. The van der Waals surface area contributed by atoms with Gasteiger partial charge in [0.1, 0.15) is 0 Å². The molecule has 1 heterocycles. The van der Waals surface area contributed by atoms with Crippen LogP contribution in [0.25, 0.3) is 0 Å². The summed E-state index contributed by atoms with van der Waals surface area (Å²) in [7, 11) is 0. The third kappa shape index (κ3) is 4.06. The van der Waals surface area contributed by atoms with Crippen molar-refractivity contribution in [3.63, 3.8) is 0 Å². The molecule has 4 heteroatoms. The van der Waals surface area contributed by atoms with Gasteiger partial charge in [0.15, 0.2) is 0 Å². The molecule has 0 aliphatic carbocycles. The van der Waals surface area contributed by atoms with Crippen molar-refractivity contribution in [1.29, 1.82) is 0 Å². The van der Waals surface area contributed by atoms with E-state index in [4.69, 9.17) is 0 Å². The minimum Gasteiger partial charge on any atom is -0.350 e. The number of hydrogen-bond acceptors (Lipinski definition) is 2. The maximum absolute atomic E-state index is 12.6. The third-order valence-electron chi connectivity index (χ3n) is 5.10. The summed E-state index contributed by atoms with van der Waals surface area (Å²) in [5.41, 5.74) is 4.67. The van der Waals surface area contributed by atoms with Gasteiger partial charge in [-0.2, -0.15) is 0 Å². The Morgan fingerprint density at radius 2 is 1.88 bits per heavy atom. The fraction of sp³-hybridized carbons (Fsp3) is 0.381. The van der Waals surface area contributed by atoms with E-state index in [-0.39, 0.29) is 11.4 Å². The zero-order valence-electron chi connectivity index (χ0n) is 15.1. The summed E-state index contributed by atoms with van der Waals surface area (Å²) in [6.07, 6.45) is 1.07. The maximum atomic E-state index is 12.6. The lowest BCUT2D eigenvalue weighted by Gasteiger charge is -2.41. The molecular formula is C21H25IN2O. The van der Waals surface area contributed by atoms with Crippen LogP contribution in [0.15, 0.2) is 42.5 Å². The molecule has 3 nitrogen and oxygen atoms in total. The Hall–Kier alpha value is -1.40. The molecule has 25 heavy (non-hydrogen) atoms. The van der Waals surface area contributed by atoms with Crippen molar-refractivity contribution in [2.45, 2.75) is 39.3 Å².